The Morgan fingerprint density at radius 3 is 3.05 bits per heavy atom. The van der Waals surface area contributed by atoms with Crippen LogP contribution in [0.25, 0.3) is 10.9 Å². The van der Waals surface area contributed by atoms with Crippen molar-refractivity contribution in [2.45, 2.75) is 18.6 Å². The third-order valence-electron chi connectivity index (χ3n) is 3.92. The van der Waals surface area contributed by atoms with Crippen molar-refractivity contribution >= 4 is 28.4 Å². The van der Waals surface area contributed by atoms with E-state index in [2.05, 4.69) is 10.6 Å². The lowest BCUT2D eigenvalue weighted by atomic mass is 10.2. The molecule has 1 aliphatic rings. The lowest BCUT2D eigenvalue weighted by molar-refractivity contribution is 0.0942. The number of benzene rings is 1. The number of carbonyl (C=O) groups excluding carboxylic acids is 1. The van der Waals surface area contributed by atoms with Crippen LogP contribution in [0, 0.1) is 0 Å². The van der Waals surface area contributed by atoms with Gasteiger partial charge in [-0.15, -0.1) is 0 Å². The summed E-state index contributed by atoms with van der Waals surface area (Å²) < 4.78 is 14.9. The van der Waals surface area contributed by atoms with Gasteiger partial charge >= 0.3 is 0 Å². The molecule has 1 saturated heterocycles. The number of carbonyl (C=O) groups is 1. The van der Waals surface area contributed by atoms with Crippen molar-refractivity contribution in [1.29, 1.82) is 0 Å². The highest BCUT2D eigenvalue weighted by molar-refractivity contribution is 6.35. The molecule has 112 valence electrons. The number of hydrogen-bond acceptors (Lipinski definition) is 2. The number of hydrogen-bond donors (Lipinski definition) is 2. The lowest BCUT2D eigenvalue weighted by Crippen LogP contribution is -2.37. The van der Waals surface area contributed by atoms with E-state index in [0.717, 1.165) is 10.9 Å². The van der Waals surface area contributed by atoms with E-state index in [1.165, 1.54) is 0 Å². The molecule has 3 rings (SSSR count). The Kier molecular flexibility index (Phi) is 3.87. The van der Waals surface area contributed by atoms with Crippen molar-refractivity contribution in [3.05, 3.63) is 35.0 Å². The molecular formula is C15H17ClFN3O. The summed E-state index contributed by atoms with van der Waals surface area (Å²) in [6.07, 6.45) is -0.371. The molecule has 0 radical (unpaired) electrons. The molecule has 2 N–H and O–H groups in total. The predicted molar refractivity (Wildman–Crippen MR) is 81.6 cm³/mol. The van der Waals surface area contributed by atoms with Crippen LogP contribution in [0.1, 0.15) is 16.9 Å². The number of nitrogens with one attached hydrogen (secondary N) is 2. The third-order valence-corrected chi connectivity index (χ3v) is 4.22. The number of nitrogens with zero attached hydrogens (tertiary/aromatic N) is 1. The van der Waals surface area contributed by atoms with Crippen molar-refractivity contribution in [1.82, 2.24) is 15.2 Å². The van der Waals surface area contributed by atoms with Crippen molar-refractivity contribution in [3.63, 3.8) is 0 Å². The van der Waals surface area contributed by atoms with Crippen LogP contribution in [-0.2, 0) is 7.05 Å². The van der Waals surface area contributed by atoms with Gasteiger partial charge in [-0.3, -0.25) is 4.79 Å². The summed E-state index contributed by atoms with van der Waals surface area (Å²) in [6, 6.07) is 7.40. The number of alkyl halides is 1. The van der Waals surface area contributed by atoms with Crippen molar-refractivity contribution in [2.75, 3.05) is 13.1 Å². The van der Waals surface area contributed by atoms with E-state index in [0.29, 0.717) is 30.2 Å². The minimum absolute atomic E-state index is 0.00206. The topological polar surface area (TPSA) is 46.1 Å². The molecule has 0 spiro atoms. The smallest absolute Gasteiger partial charge is 0.267 e. The Morgan fingerprint density at radius 2 is 2.38 bits per heavy atom. The number of amides is 1. The first-order valence-electron chi connectivity index (χ1n) is 6.96. The molecule has 2 aromatic rings. The van der Waals surface area contributed by atoms with Crippen LogP contribution in [0.5, 0.6) is 0 Å². The van der Waals surface area contributed by atoms with Gasteiger partial charge in [0.25, 0.3) is 5.91 Å². The van der Waals surface area contributed by atoms with Crippen LogP contribution in [-0.4, -0.2) is 35.8 Å². The molecule has 0 bridgehead atoms. The van der Waals surface area contributed by atoms with Gasteiger partial charge in [-0.1, -0.05) is 23.7 Å². The van der Waals surface area contributed by atoms with Crippen molar-refractivity contribution in [2.24, 2.45) is 7.05 Å². The maximum atomic E-state index is 13.1. The van der Waals surface area contributed by atoms with Gasteiger partial charge in [0.05, 0.1) is 10.5 Å². The van der Waals surface area contributed by atoms with Crippen molar-refractivity contribution < 1.29 is 9.18 Å². The molecule has 0 unspecified atom stereocenters. The Hall–Kier alpha value is -1.59. The Morgan fingerprint density at radius 1 is 1.57 bits per heavy atom. The summed E-state index contributed by atoms with van der Waals surface area (Å²) in [5.74, 6) is -0.172. The fourth-order valence-corrected chi connectivity index (χ4v) is 3.13. The monoisotopic (exact) mass is 309 g/mol. The summed E-state index contributed by atoms with van der Waals surface area (Å²) >= 11 is 6.17. The van der Waals surface area contributed by atoms with E-state index in [4.69, 9.17) is 11.6 Å². The third kappa shape index (κ3) is 2.76. The molecule has 1 fully saturated rings. The standard InChI is InChI=1S/C15H17ClFN3O/c1-20-13(5-9-3-2-4-12(16)14(9)20)15(21)19-8-11-6-10(17)7-18-11/h2-5,10-11,18H,6-8H2,1H3,(H,19,21)/t10-,11-/m0/s1. The average Bonchev–Trinajstić information content (AvgIpc) is 3.01. The molecule has 0 aliphatic carbocycles. The SMILES string of the molecule is Cn1c(C(=O)NC[C@@H]2C[C@H](F)CN2)cc2cccc(Cl)c21. The second-order valence-electron chi connectivity index (χ2n) is 5.41. The summed E-state index contributed by atoms with van der Waals surface area (Å²) in [6.45, 7) is 0.790. The molecule has 4 nitrogen and oxygen atoms in total. The highest BCUT2D eigenvalue weighted by atomic mass is 35.5. The second kappa shape index (κ2) is 5.66. The second-order valence-corrected chi connectivity index (χ2v) is 5.82. The van der Waals surface area contributed by atoms with Crippen molar-refractivity contribution in [3.8, 4) is 0 Å². The zero-order valence-corrected chi connectivity index (χ0v) is 12.5. The fourth-order valence-electron chi connectivity index (χ4n) is 2.82. The summed E-state index contributed by atoms with van der Waals surface area (Å²) in [5, 5.41) is 7.44. The molecule has 6 heteroatoms. The van der Waals surface area contributed by atoms with Gasteiger partial charge in [-0.05, 0) is 18.6 Å². The summed E-state index contributed by atoms with van der Waals surface area (Å²) in [7, 11) is 1.81. The lowest BCUT2D eigenvalue weighted by Gasteiger charge is -2.11. The molecule has 1 aromatic heterocycles. The molecule has 0 saturated carbocycles. The normalized spacial score (nSPS) is 21.9. The fraction of sp³-hybridized carbons (Fsp3) is 0.400. The molecule has 1 aliphatic heterocycles. The van der Waals surface area contributed by atoms with Gasteiger partial charge in [0, 0.05) is 31.6 Å². The van der Waals surface area contributed by atoms with Gasteiger partial charge in [-0.25, -0.2) is 4.39 Å². The zero-order chi connectivity index (χ0) is 15.0. The first-order chi connectivity index (χ1) is 10.1. The number of aromatic nitrogens is 1. The largest absolute Gasteiger partial charge is 0.349 e. The number of fused-ring (bicyclic) bond motifs is 1. The first-order valence-corrected chi connectivity index (χ1v) is 7.33. The number of aryl methyl sites for hydroxylation is 1. The van der Waals surface area contributed by atoms with Gasteiger partial charge in [0.15, 0.2) is 0 Å². The van der Waals surface area contributed by atoms with Crippen LogP contribution in [0.4, 0.5) is 4.39 Å². The summed E-state index contributed by atoms with van der Waals surface area (Å²) in [5.41, 5.74) is 1.39. The molecule has 2 heterocycles. The zero-order valence-electron chi connectivity index (χ0n) is 11.7. The maximum absolute atomic E-state index is 13.1. The van der Waals surface area contributed by atoms with Gasteiger partial charge in [-0.2, -0.15) is 0 Å². The van der Waals surface area contributed by atoms with Crippen LogP contribution >= 0.6 is 11.6 Å². The Bertz CT molecular complexity index is 685. The van der Waals surface area contributed by atoms with Gasteiger partial charge < -0.3 is 15.2 Å². The number of halogens is 2. The molecule has 21 heavy (non-hydrogen) atoms. The van der Waals surface area contributed by atoms with Gasteiger partial charge in [0.1, 0.15) is 11.9 Å². The van der Waals surface area contributed by atoms with Crippen LogP contribution in [0.3, 0.4) is 0 Å². The number of rotatable bonds is 3. The minimum atomic E-state index is -0.816. The summed E-state index contributed by atoms with van der Waals surface area (Å²) in [4.78, 5) is 12.3. The minimum Gasteiger partial charge on any atom is -0.349 e. The predicted octanol–water partition coefficient (Wildman–Crippen LogP) is 2.26. The highest BCUT2D eigenvalue weighted by Crippen LogP contribution is 2.26. The molecule has 1 aromatic carbocycles. The molecule has 2 atom stereocenters. The highest BCUT2D eigenvalue weighted by Gasteiger charge is 2.24. The van der Waals surface area contributed by atoms with E-state index < -0.39 is 6.17 Å². The van der Waals surface area contributed by atoms with Gasteiger partial charge in [0.2, 0.25) is 0 Å². The molecular weight excluding hydrogens is 293 g/mol. The Balaban J connectivity index is 1.76. The average molecular weight is 310 g/mol. The maximum Gasteiger partial charge on any atom is 0.267 e. The van der Waals surface area contributed by atoms with Crippen LogP contribution in [0.15, 0.2) is 24.3 Å². The van der Waals surface area contributed by atoms with E-state index in [-0.39, 0.29) is 11.9 Å². The van der Waals surface area contributed by atoms with E-state index >= 15 is 0 Å². The van der Waals surface area contributed by atoms with E-state index in [1.54, 1.807) is 10.6 Å². The van der Waals surface area contributed by atoms with Crippen LogP contribution < -0.4 is 10.6 Å². The van der Waals surface area contributed by atoms with E-state index in [1.807, 2.05) is 25.2 Å². The van der Waals surface area contributed by atoms with E-state index in [9.17, 15) is 9.18 Å². The number of para-hydroxylation sites is 1. The quantitative estimate of drug-likeness (QED) is 0.913. The first kappa shape index (κ1) is 14.4. The Labute approximate surface area is 127 Å². The van der Waals surface area contributed by atoms with Crippen LogP contribution in [0.2, 0.25) is 5.02 Å². The molecule has 1 amide bonds.